The fraction of sp³-hybridized carbons (Fsp3) is 0.211. The van der Waals surface area contributed by atoms with Crippen molar-refractivity contribution in [2.24, 2.45) is 0 Å². The van der Waals surface area contributed by atoms with Crippen molar-refractivity contribution in [3.63, 3.8) is 0 Å². The van der Waals surface area contributed by atoms with Gasteiger partial charge in [-0.3, -0.25) is 4.79 Å². The molecule has 4 heteroatoms. The summed E-state index contributed by atoms with van der Waals surface area (Å²) in [6, 6.07) is 16.3. The Morgan fingerprint density at radius 3 is 2.78 bits per heavy atom. The van der Waals surface area contributed by atoms with Gasteiger partial charge in [-0.2, -0.15) is 0 Å². The molecule has 0 saturated heterocycles. The third-order valence-corrected chi connectivity index (χ3v) is 4.79. The molecule has 0 bridgehead atoms. The number of ether oxygens (including phenoxy) is 1. The van der Waals surface area contributed by atoms with Gasteiger partial charge in [-0.25, -0.2) is 0 Å². The molecule has 3 nitrogen and oxygen atoms in total. The van der Waals surface area contributed by atoms with Crippen molar-refractivity contribution in [3.8, 4) is 5.75 Å². The molecule has 1 aromatic heterocycles. The fourth-order valence-electron chi connectivity index (χ4n) is 2.46. The zero-order valence-corrected chi connectivity index (χ0v) is 13.9. The maximum atomic E-state index is 11.4. The highest BCUT2D eigenvalue weighted by Crippen LogP contribution is 2.30. The highest BCUT2D eigenvalue weighted by atomic mass is 32.1. The number of amides is 1. The van der Waals surface area contributed by atoms with Crippen LogP contribution in [-0.2, 0) is 17.8 Å². The molecule has 118 valence electrons. The van der Waals surface area contributed by atoms with E-state index in [4.69, 9.17) is 4.74 Å². The Bertz CT molecular complexity index is 795. The second-order valence-corrected chi connectivity index (χ2v) is 6.28. The smallest absolute Gasteiger partial charge is 0.220 e. The van der Waals surface area contributed by atoms with E-state index in [1.807, 2.05) is 24.3 Å². The van der Waals surface area contributed by atoms with Crippen LogP contribution in [0.1, 0.15) is 17.5 Å². The van der Waals surface area contributed by atoms with Gasteiger partial charge in [0.1, 0.15) is 12.4 Å². The van der Waals surface area contributed by atoms with Crippen LogP contribution in [0.2, 0.25) is 0 Å². The molecule has 23 heavy (non-hydrogen) atoms. The molecule has 0 saturated carbocycles. The predicted octanol–water partition coefficient (Wildman–Crippen LogP) is 4.16. The van der Waals surface area contributed by atoms with Gasteiger partial charge in [0.25, 0.3) is 0 Å². The van der Waals surface area contributed by atoms with E-state index in [1.54, 1.807) is 18.4 Å². The van der Waals surface area contributed by atoms with Gasteiger partial charge in [0.2, 0.25) is 5.91 Å². The van der Waals surface area contributed by atoms with Crippen molar-refractivity contribution in [2.75, 3.05) is 7.05 Å². The molecular formula is C19H19NO2S. The van der Waals surface area contributed by atoms with E-state index in [9.17, 15) is 4.79 Å². The second kappa shape index (κ2) is 7.29. The molecule has 0 aliphatic rings. The second-order valence-electron chi connectivity index (χ2n) is 5.37. The third kappa shape index (κ3) is 3.90. The van der Waals surface area contributed by atoms with Crippen LogP contribution in [0.3, 0.4) is 0 Å². The first kappa shape index (κ1) is 15.6. The predicted molar refractivity (Wildman–Crippen MR) is 95.0 cm³/mol. The van der Waals surface area contributed by atoms with Crippen LogP contribution in [0, 0.1) is 0 Å². The van der Waals surface area contributed by atoms with Crippen LogP contribution >= 0.6 is 11.3 Å². The molecule has 1 amide bonds. The van der Waals surface area contributed by atoms with Crippen molar-refractivity contribution in [1.82, 2.24) is 5.32 Å². The lowest BCUT2D eigenvalue weighted by molar-refractivity contribution is -0.120. The van der Waals surface area contributed by atoms with Crippen molar-refractivity contribution in [2.45, 2.75) is 19.4 Å². The van der Waals surface area contributed by atoms with Gasteiger partial charge in [-0.1, -0.05) is 30.3 Å². The first-order chi connectivity index (χ1) is 11.3. The van der Waals surface area contributed by atoms with Gasteiger partial charge in [0, 0.05) is 18.2 Å². The summed E-state index contributed by atoms with van der Waals surface area (Å²) in [4.78, 5) is 11.4. The average molecular weight is 325 g/mol. The van der Waals surface area contributed by atoms with Gasteiger partial charge in [-0.15, -0.1) is 11.3 Å². The van der Waals surface area contributed by atoms with Crippen LogP contribution in [-0.4, -0.2) is 13.0 Å². The molecule has 0 fully saturated rings. The van der Waals surface area contributed by atoms with Crippen LogP contribution in [0.4, 0.5) is 0 Å². The number of nitrogens with one attached hydrogen (secondary N) is 1. The van der Waals surface area contributed by atoms with E-state index in [2.05, 4.69) is 35.0 Å². The summed E-state index contributed by atoms with van der Waals surface area (Å²) in [5, 5.41) is 5.98. The maximum absolute atomic E-state index is 11.4. The van der Waals surface area contributed by atoms with Gasteiger partial charge in [0.15, 0.2) is 0 Å². The average Bonchev–Trinajstić information content (AvgIpc) is 3.01. The van der Waals surface area contributed by atoms with E-state index >= 15 is 0 Å². The molecular weight excluding hydrogens is 306 g/mol. The van der Waals surface area contributed by atoms with Crippen molar-refractivity contribution >= 4 is 27.3 Å². The van der Waals surface area contributed by atoms with Gasteiger partial charge >= 0.3 is 0 Å². The van der Waals surface area contributed by atoms with E-state index in [0.29, 0.717) is 13.0 Å². The van der Waals surface area contributed by atoms with Crippen molar-refractivity contribution < 1.29 is 9.53 Å². The van der Waals surface area contributed by atoms with Crippen LogP contribution < -0.4 is 10.1 Å². The largest absolute Gasteiger partial charge is 0.489 e. The van der Waals surface area contributed by atoms with Gasteiger partial charge in [0.05, 0.1) is 0 Å². The number of aryl methyl sites for hydroxylation is 1. The first-order valence-corrected chi connectivity index (χ1v) is 8.51. The van der Waals surface area contributed by atoms with E-state index in [1.165, 1.54) is 15.6 Å². The van der Waals surface area contributed by atoms with E-state index in [0.717, 1.165) is 17.7 Å². The van der Waals surface area contributed by atoms with Crippen molar-refractivity contribution in [1.29, 1.82) is 0 Å². The molecule has 0 atom stereocenters. The monoisotopic (exact) mass is 325 g/mol. The quantitative estimate of drug-likeness (QED) is 0.739. The molecule has 0 spiro atoms. The SMILES string of the molecule is CNC(=O)CCc1csc2ccc(OCc3ccccc3)cc12. The number of thiophene rings is 1. The molecule has 0 radical (unpaired) electrons. The Hall–Kier alpha value is -2.33. The first-order valence-electron chi connectivity index (χ1n) is 7.63. The van der Waals surface area contributed by atoms with Crippen LogP contribution in [0.5, 0.6) is 5.75 Å². The Kier molecular flexibility index (Phi) is 4.93. The Morgan fingerprint density at radius 1 is 1.17 bits per heavy atom. The highest BCUT2D eigenvalue weighted by molar-refractivity contribution is 7.17. The number of benzene rings is 2. The fourth-order valence-corrected chi connectivity index (χ4v) is 3.44. The van der Waals surface area contributed by atoms with Crippen molar-refractivity contribution in [3.05, 3.63) is 65.0 Å². The third-order valence-electron chi connectivity index (χ3n) is 3.77. The van der Waals surface area contributed by atoms with E-state index < -0.39 is 0 Å². The lowest BCUT2D eigenvalue weighted by Gasteiger charge is -2.07. The molecule has 0 aliphatic carbocycles. The number of carbonyl (C=O) groups excluding carboxylic acids is 1. The standard InChI is InChI=1S/C19H19NO2S/c1-20-19(21)10-7-15-13-23-18-9-8-16(11-17(15)18)22-12-14-5-3-2-4-6-14/h2-6,8-9,11,13H,7,10,12H2,1H3,(H,20,21). The van der Waals surface area contributed by atoms with Crippen LogP contribution in [0.15, 0.2) is 53.9 Å². The number of rotatable bonds is 6. The molecule has 2 aromatic carbocycles. The lowest BCUT2D eigenvalue weighted by Crippen LogP contribution is -2.17. The minimum Gasteiger partial charge on any atom is -0.489 e. The Balaban J connectivity index is 1.73. The number of hydrogen-bond donors (Lipinski definition) is 1. The number of fused-ring (bicyclic) bond motifs is 1. The normalized spacial score (nSPS) is 10.7. The van der Waals surface area contributed by atoms with Crippen LogP contribution in [0.25, 0.3) is 10.1 Å². The number of hydrogen-bond acceptors (Lipinski definition) is 3. The summed E-state index contributed by atoms with van der Waals surface area (Å²) in [6.45, 7) is 0.560. The minimum atomic E-state index is 0.0702. The summed E-state index contributed by atoms with van der Waals surface area (Å²) in [5.74, 6) is 0.932. The summed E-state index contributed by atoms with van der Waals surface area (Å²) in [5.41, 5.74) is 2.36. The molecule has 1 heterocycles. The number of carbonyl (C=O) groups is 1. The van der Waals surface area contributed by atoms with Gasteiger partial charge < -0.3 is 10.1 Å². The Labute approximate surface area is 139 Å². The summed E-state index contributed by atoms with van der Waals surface area (Å²) in [7, 11) is 1.67. The molecule has 1 N–H and O–H groups in total. The maximum Gasteiger partial charge on any atom is 0.220 e. The highest BCUT2D eigenvalue weighted by Gasteiger charge is 2.08. The zero-order valence-electron chi connectivity index (χ0n) is 13.0. The summed E-state index contributed by atoms with van der Waals surface area (Å²) >= 11 is 1.71. The Morgan fingerprint density at radius 2 is 2.00 bits per heavy atom. The lowest BCUT2D eigenvalue weighted by atomic mass is 10.1. The van der Waals surface area contributed by atoms with Gasteiger partial charge in [-0.05, 0) is 46.5 Å². The topological polar surface area (TPSA) is 38.3 Å². The summed E-state index contributed by atoms with van der Waals surface area (Å²) < 4.78 is 7.12. The molecule has 3 aromatic rings. The molecule has 0 unspecified atom stereocenters. The molecule has 0 aliphatic heterocycles. The van der Waals surface area contributed by atoms with E-state index in [-0.39, 0.29) is 5.91 Å². The summed E-state index contributed by atoms with van der Waals surface area (Å²) in [6.07, 6.45) is 1.26. The zero-order chi connectivity index (χ0) is 16.1. The molecule has 3 rings (SSSR count). The minimum absolute atomic E-state index is 0.0702.